The molecule has 0 aliphatic rings. The van der Waals surface area contributed by atoms with E-state index in [4.69, 9.17) is 5.11 Å². The van der Waals surface area contributed by atoms with Gasteiger partial charge in [0.1, 0.15) is 0 Å². The van der Waals surface area contributed by atoms with Crippen molar-refractivity contribution in [1.29, 1.82) is 0 Å². The molecule has 0 saturated heterocycles. The first-order valence-corrected chi connectivity index (χ1v) is 6.89. The van der Waals surface area contributed by atoms with E-state index in [0.29, 0.717) is 0 Å². The number of unbranched alkanes of at least 4 members (excludes halogenated alkanes) is 4. The molecule has 0 saturated carbocycles. The first-order valence-electron chi connectivity index (χ1n) is 6.89. The molecule has 0 spiro atoms. The van der Waals surface area contributed by atoms with Gasteiger partial charge in [-0.2, -0.15) is 0 Å². The van der Waals surface area contributed by atoms with Crippen LogP contribution in [0.25, 0.3) is 0 Å². The molecule has 2 atom stereocenters. The third kappa shape index (κ3) is 5.86. The van der Waals surface area contributed by atoms with Crippen LogP contribution in [0.15, 0.2) is 0 Å². The molecule has 2 heteroatoms. The lowest BCUT2D eigenvalue weighted by molar-refractivity contribution is -0.0182. The number of hydrogen-bond acceptors (Lipinski definition) is 2. The van der Waals surface area contributed by atoms with E-state index in [9.17, 15) is 5.11 Å². The third-order valence-corrected chi connectivity index (χ3v) is 3.68. The van der Waals surface area contributed by atoms with E-state index >= 15 is 0 Å². The third-order valence-electron chi connectivity index (χ3n) is 3.68. The lowest BCUT2D eigenvalue weighted by Crippen LogP contribution is -2.35. The summed E-state index contributed by atoms with van der Waals surface area (Å²) < 4.78 is 0. The molecule has 0 aliphatic carbocycles. The normalized spacial score (nSPS) is 17.1. The summed E-state index contributed by atoms with van der Waals surface area (Å²) in [5, 5.41) is 19.0. The standard InChI is InChI=1S/C14H30O2/c1-4-6-8-9-11-14(3,10-7-5-2)13(16)12-15/h13,15-16H,4-12H2,1-3H3/t13-,14?/m0/s1. The maximum absolute atomic E-state index is 9.91. The van der Waals surface area contributed by atoms with Gasteiger partial charge in [-0.15, -0.1) is 0 Å². The molecule has 98 valence electrons. The van der Waals surface area contributed by atoms with Gasteiger partial charge < -0.3 is 10.2 Å². The first-order chi connectivity index (χ1) is 7.60. The Balaban J connectivity index is 4.07. The molecule has 0 rings (SSSR count). The summed E-state index contributed by atoms with van der Waals surface area (Å²) in [6, 6.07) is 0. The summed E-state index contributed by atoms with van der Waals surface area (Å²) in [5.74, 6) is 0. The minimum atomic E-state index is -0.555. The van der Waals surface area contributed by atoms with Crippen molar-refractivity contribution in [3.8, 4) is 0 Å². The van der Waals surface area contributed by atoms with Gasteiger partial charge >= 0.3 is 0 Å². The minimum Gasteiger partial charge on any atom is -0.394 e. The Labute approximate surface area is 101 Å². The van der Waals surface area contributed by atoms with Crippen molar-refractivity contribution in [2.75, 3.05) is 6.61 Å². The number of aliphatic hydroxyl groups is 2. The average molecular weight is 230 g/mol. The van der Waals surface area contributed by atoms with Gasteiger partial charge in [-0.3, -0.25) is 0 Å². The van der Waals surface area contributed by atoms with Gasteiger partial charge in [0.15, 0.2) is 0 Å². The van der Waals surface area contributed by atoms with Crippen LogP contribution in [-0.2, 0) is 0 Å². The molecule has 0 fully saturated rings. The summed E-state index contributed by atoms with van der Waals surface area (Å²) in [6.07, 6.45) is 8.74. The van der Waals surface area contributed by atoms with Crippen molar-refractivity contribution in [3.05, 3.63) is 0 Å². The van der Waals surface area contributed by atoms with E-state index < -0.39 is 6.10 Å². The van der Waals surface area contributed by atoms with Crippen LogP contribution in [0.2, 0.25) is 0 Å². The van der Waals surface area contributed by atoms with E-state index in [1.165, 1.54) is 25.7 Å². The van der Waals surface area contributed by atoms with Crippen LogP contribution in [0, 0.1) is 5.41 Å². The van der Waals surface area contributed by atoms with Crippen LogP contribution in [0.1, 0.15) is 72.1 Å². The Hall–Kier alpha value is -0.0800. The zero-order valence-electron chi connectivity index (χ0n) is 11.3. The molecule has 0 aromatic heterocycles. The molecule has 0 bridgehead atoms. The molecular formula is C14H30O2. The Morgan fingerprint density at radius 1 is 0.938 bits per heavy atom. The Kier molecular flexibility index (Phi) is 8.96. The highest BCUT2D eigenvalue weighted by Crippen LogP contribution is 2.34. The smallest absolute Gasteiger partial charge is 0.0824 e. The van der Waals surface area contributed by atoms with E-state index in [0.717, 1.165) is 25.7 Å². The number of aliphatic hydroxyl groups excluding tert-OH is 2. The topological polar surface area (TPSA) is 40.5 Å². The molecular weight excluding hydrogens is 200 g/mol. The quantitative estimate of drug-likeness (QED) is 0.564. The molecule has 0 radical (unpaired) electrons. The van der Waals surface area contributed by atoms with Crippen LogP contribution >= 0.6 is 0 Å². The monoisotopic (exact) mass is 230 g/mol. The van der Waals surface area contributed by atoms with Crippen LogP contribution < -0.4 is 0 Å². The predicted molar refractivity (Wildman–Crippen MR) is 69.5 cm³/mol. The second-order valence-electron chi connectivity index (χ2n) is 5.27. The van der Waals surface area contributed by atoms with Gasteiger partial charge in [0.2, 0.25) is 0 Å². The largest absolute Gasteiger partial charge is 0.394 e. The second-order valence-corrected chi connectivity index (χ2v) is 5.27. The van der Waals surface area contributed by atoms with Gasteiger partial charge in [-0.25, -0.2) is 0 Å². The maximum Gasteiger partial charge on any atom is 0.0824 e. The molecule has 0 amide bonds. The van der Waals surface area contributed by atoms with E-state index in [1.54, 1.807) is 0 Å². The highest BCUT2D eigenvalue weighted by Gasteiger charge is 2.31. The van der Waals surface area contributed by atoms with Crippen molar-refractivity contribution in [2.45, 2.75) is 78.2 Å². The fourth-order valence-electron chi connectivity index (χ4n) is 2.21. The van der Waals surface area contributed by atoms with Crippen LogP contribution in [0.3, 0.4) is 0 Å². The highest BCUT2D eigenvalue weighted by molar-refractivity contribution is 4.81. The number of hydrogen-bond donors (Lipinski definition) is 2. The van der Waals surface area contributed by atoms with Crippen molar-refractivity contribution < 1.29 is 10.2 Å². The maximum atomic E-state index is 9.91. The van der Waals surface area contributed by atoms with Gasteiger partial charge in [0.05, 0.1) is 12.7 Å². The molecule has 2 N–H and O–H groups in total. The fraction of sp³-hybridized carbons (Fsp3) is 1.00. The van der Waals surface area contributed by atoms with Crippen molar-refractivity contribution in [2.24, 2.45) is 5.41 Å². The summed E-state index contributed by atoms with van der Waals surface area (Å²) in [5.41, 5.74) is -0.0848. The average Bonchev–Trinajstić information content (AvgIpc) is 2.31. The Bertz CT molecular complexity index is 159. The minimum absolute atomic E-state index is 0.0848. The summed E-state index contributed by atoms with van der Waals surface area (Å²) in [6.45, 7) is 6.39. The molecule has 0 aromatic rings. The van der Waals surface area contributed by atoms with Crippen LogP contribution in [0.4, 0.5) is 0 Å². The van der Waals surface area contributed by atoms with Gasteiger partial charge in [-0.1, -0.05) is 59.3 Å². The first kappa shape index (κ1) is 15.9. The Morgan fingerprint density at radius 3 is 2.00 bits per heavy atom. The van der Waals surface area contributed by atoms with Crippen molar-refractivity contribution in [1.82, 2.24) is 0 Å². The summed E-state index contributed by atoms with van der Waals surface area (Å²) >= 11 is 0. The fourth-order valence-corrected chi connectivity index (χ4v) is 2.21. The predicted octanol–water partition coefficient (Wildman–Crippen LogP) is 3.51. The summed E-state index contributed by atoms with van der Waals surface area (Å²) in [7, 11) is 0. The van der Waals surface area contributed by atoms with E-state index in [-0.39, 0.29) is 12.0 Å². The zero-order valence-corrected chi connectivity index (χ0v) is 11.3. The van der Waals surface area contributed by atoms with Gasteiger partial charge in [0.25, 0.3) is 0 Å². The lowest BCUT2D eigenvalue weighted by atomic mass is 9.75. The summed E-state index contributed by atoms with van der Waals surface area (Å²) in [4.78, 5) is 0. The van der Waals surface area contributed by atoms with E-state index in [2.05, 4.69) is 20.8 Å². The zero-order chi connectivity index (χ0) is 12.4. The van der Waals surface area contributed by atoms with Crippen LogP contribution in [-0.4, -0.2) is 22.9 Å². The van der Waals surface area contributed by atoms with Gasteiger partial charge in [-0.05, 0) is 18.3 Å². The van der Waals surface area contributed by atoms with Crippen LogP contribution in [0.5, 0.6) is 0 Å². The molecule has 0 aliphatic heterocycles. The molecule has 0 heterocycles. The molecule has 0 aromatic carbocycles. The molecule has 2 nitrogen and oxygen atoms in total. The SMILES string of the molecule is CCCCCCC(C)(CCCC)[C@@H](O)CO. The second kappa shape index (κ2) is 9.00. The van der Waals surface area contributed by atoms with Crippen molar-refractivity contribution in [3.63, 3.8) is 0 Å². The Morgan fingerprint density at radius 2 is 1.50 bits per heavy atom. The highest BCUT2D eigenvalue weighted by atomic mass is 16.3. The van der Waals surface area contributed by atoms with Gasteiger partial charge in [0, 0.05) is 0 Å². The molecule has 1 unspecified atom stereocenters. The lowest BCUT2D eigenvalue weighted by Gasteiger charge is -2.34. The molecule has 16 heavy (non-hydrogen) atoms. The van der Waals surface area contributed by atoms with Crippen molar-refractivity contribution >= 4 is 0 Å². The van der Waals surface area contributed by atoms with E-state index in [1.807, 2.05) is 0 Å². The number of rotatable bonds is 10.